The largest absolute Gasteiger partial charge is 0.480 e. The number of carboxylic acid groups (broad SMARTS) is 1. The number of carbonyl (C=O) groups is 1. The summed E-state index contributed by atoms with van der Waals surface area (Å²) in [5.74, 6) is -0.949. The van der Waals surface area contributed by atoms with Crippen molar-refractivity contribution in [3.05, 3.63) is 34.3 Å². The minimum absolute atomic E-state index is 0.257. The molecule has 0 heterocycles. The minimum Gasteiger partial charge on any atom is -0.480 e. The molecule has 0 aliphatic heterocycles. The van der Waals surface area contributed by atoms with Gasteiger partial charge >= 0.3 is 5.97 Å². The van der Waals surface area contributed by atoms with Gasteiger partial charge in [-0.15, -0.1) is 0 Å². The minimum atomic E-state index is -0.949. The summed E-state index contributed by atoms with van der Waals surface area (Å²) in [7, 11) is 0. The molecular formula is C9H9BrO3. The molecule has 0 unspecified atom stereocenters. The van der Waals surface area contributed by atoms with Crippen molar-refractivity contribution in [3.8, 4) is 0 Å². The van der Waals surface area contributed by atoms with Gasteiger partial charge in [-0.2, -0.15) is 0 Å². The molecule has 0 saturated heterocycles. The summed E-state index contributed by atoms with van der Waals surface area (Å²) in [6.07, 6.45) is 0. The van der Waals surface area contributed by atoms with Crippen LogP contribution in [0.1, 0.15) is 5.56 Å². The van der Waals surface area contributed by atoms with Crippen LogP contribution < -0.4 is 0 Å². The van der Waals surface area contributed by atoms with E-state index < -0.39 is 5.97 Å². The van der Waals surface area contributed by atoms with E-state index in [4.69, 9.17) is 9.84 Å². The van der Waals surface area contributed by atoms with Gasteiger partial charge in [-0.1, -0.05) is 28.1 Å². The number of hydrogen-bond acceptors (Lipinski definition) is 2. The Kier molecular flexibility index (Phi) is 3.92. The summed E-state index contributed by atoms with van der Waals surface area (Å²) in [4.78, 5) is 10.1. The molecule has 0 bridgehead atoms. The molecule has 0 atom stereocenters. The second-order valence-corrected chi connectivity index (χ2v) is 3.43. The van der Waals surface area contributed by atoms with Crippen LogP contribution in [0, 0.1) is 0 Å². The SMILES string of the molecule is O=C(O)COCc1cccc(Br)c1. The van der Waals surface area contributed by atoms with Crippen molar-refractivity contribution in [2.24, 2.45) is 0 Å². The standard InChI is InChI=1S/C9H9BrO3/c10-8-3-1-2-7(4-8)5-13-6-9(11)12/h1-4H,5-6H2,(H,11,12). The molecule has 0 spiro atoms. The number of benzene rings is 1. The Labute approximate surface area is 84.5 Å². The van der Waals surface area contributed by atoms with E-state index in [1.807, 2.05) is 24.3 Å². The van der Waals surface area contributed by atoms with Crippen LogP contribution in [-0.2, 0) is 16.1 Å². The number of rotatable bonds is 4. The van der Waals surface area contributed by atoms with Gasteiger partial charge in [0.15, 0.2) is 0 Å². The van der Waals surface area contributed by atoms with Crippen molar-refractivity contribution in [1.29, 1.82) is 0 Å². The molecule has 1 aromatic rings. The Morgan fingerprint density at radius 3 is 2.92 bits per heavy atom. The molecule has 4 heteroatoms. The van der Waals surface area contributed by atoms with Crippen LogP contribution in [0.3, 0.4) is 0 Å². The zero-order valence-corrected chi connectivity index (χ0v) is 8.45. The highest BCUT2D eigenvalue weighted by Crippen LogP contribution is 2.12. The van der Waals surface area contributed by atoms with Crippen LogP contribution >= 0.6 is 15.9 Å². The van der Waals surface area contributed by atoms with E-state index in [0.29, 0.717) is 6.61 Å². The lowest BCUT2D eigenvalue weighted by Gasteiger charge is -2.01. The van der Waals surface area contributed by atoms with Gasteiger partial charge < -0.3 is 9.84 Å². The Morgan fingerprint density at radius 1 is 1.54 bits per heavy atom. The van der Waals surface area contributed by atoms with Gasteiger partial charge in [0.05, 0.1) is 6.61 Å². The third kappa shape index (κ3) is 4.05. The highest BCUT2D eigenvalue weighted by molar-refractivity contribution is 9.10. The Balaban J connectivity index is 2.41. The average molecular weight is 245 g/mol. The van der Waals surface area contributed by atoms with Crippen molar-refractivity contribution in [1.82, 2.24) is 0 Å². The molecule has 0 amide bonds. The van der Waals surface area contributed by atoms with Crippen molar-refractivity contribution < 1.29 is 14.6 Å². The summed E-state index contributed by atoms with van der Waals surface area (Å²) in [5, 5.41) is 8.31. The second kappa shape index (κ2) is 4.99. The number of halogens is 1. The van der Waals surface area contributed by atoms with Gasteiger partial charge in [0.1, 0.15) is 6.61 Å². The number of ether oxygens (including phenoxy) is 1. The van der Waals surface area contributed by atoms with Gasteiger partial charge in [0.2, 0.25) is 0 Å². The number of carboxylic acids is 1. The molecule has 0 radical (unpaired) electrons. The van der Waals surface area contributed by atoms with Crippen LogP contribution in [0.15, 0.2) is 28.7 Å². The summed E-state index contributed by atoms with van der Waals surface area (Å²) < 4.78 is 5.88. The molecule has 0 aliphatic rings. The normalized spacial score (nSPS) is 9.92. The molecule has 0 aliphatic carbocycles. The lowest BCUT2D eigenvalue weighted by molar-refractivity contribution is -0.142. The van der Waals surface area contributed by atoms with Crippen molar-refractivity contribution in [3.63, 3.8) is 0 Å². The molecule has 3 nitrogen and oxygen atoms in total. The predicted molar refractivity (Wildman–Crippen MR) is 51.4 cm³/mol. The monoisotopic (exact) mass is 244 g/mol. The molecule has 0 fully saturated rings. The molecule has 1 aromatic carbocycles. The topological polar surface area (TPSA) is 46.5 Å². The first kappa shape index (κ1) is 10.2. The van der Waals surface area contributed by atoms with Gasteiger partial charge in [0, 0.05) is 4.47 Å². The molecule has 1 N–H and O–H groups in total. The fraction of sp³-hybridized carbons (Fsp3) is 0.222. The van der Waals surface area contributed by atoms with Crippen LogP contribution in [0.5, 0.6) is 0 Å². The Bertz CT molecular complexity index is 299. The Hall–Kier alpha value is -0.870. The van der Waals surface area contributed by atoms with Gasteiger partial charge in [-0.25, -0.2) is 4.79 Å². The average Bonchev–Trinajstić information content (AvgIpc) is 2.03. The molecule has 1 rings (SSSR count). The smallest absolute Gasteiger partial charge is 0.329 e. The lowest BCUT2D eigenvalue weighted by atomic mass is 10.2. The highest BCUT2D eigenvalue weighted by atomic mass is 79.9. The van der Waals surface area contributed by atoms with E-state index >= 15 is 0 Å². The van der Waals surface area contributed by atoms with E-state index in [9.17, 15) is 4.79 Å². The molecule has 0 aromatic heterocycles. The molecule has 70 valence electrons. The van der Waals surface area contributed by atoms with E-state index in [1.54, 1.807) is 0 Å². The maximum Gasteiger partial charge on any atom is 0.329 e. The van der Waals surface area contributed by atoms with Crippen molar-refractivity contribution >= 4 is 21.9 Å². The third-order valence-corrected chi connectivity index (χ3v) is 1.88. The van der Waals surface area contributed by atoms with Crippen LogP contribution in [0.2, 0.25) is 0 Å². The maximum absolute atomic E-state index is 10.1. The first-order valence-electron chi connectivity index (χ1n) is 3.72. The van der Waals surface area contributed by atoms with Gasteiger partial charge in [-0.3, -0.25) is 0 Å². The number of hydrogen-bond donors (Lipinski definition) is 1. The lowest BCUT2D eigenvalue weighted by Crippen LogP contribution is -2.06. The quantitative estimate of drug-likeness (QED) is 0.882. The molecule has 13 heavy (non-hydrogen) atoms. The number of aliphatic carboxylic acids is 1. The van der Waals surface area contributed by atoms with Crippen LogP contribution in [-0.4, -0.2) is 17.7 Å². The van der Waals surface area contributed by atoms with E-state index in [0.717, 1.165) is 10.0 Å². The van der Waals surface area contributed by atoms with Crippen molar-refractivity contribution in [2.45, 2.75) is 6.61 Å². The van der Waals surface area contributed by atoms with E-state index in [1.165, 1.54) is 0 Å². The highest BCUT2D eigenvalue weighted by Gasteiger charge is 1.97. The maximum atomic E-state index is 10.1. The van der Waals surface area contributed by atoms with Gasteiger partial charge in [-0.05, 0) is 17.7 Å². The molecule has 0 saturated carbocycles. The van der Waals surface area contributed by atoms with E-state index in [-0.39, 0.29) is 6.61 Å². The zero-order valence-electron chi connectivity index (χ0n) is 6.87. The summed E-state index contributed by atoms with van der Waals surface area (Å²) >= 11 is 3.31. The predicted octanol–water partition coefficient (Wildman–Crippen LogP) is 2.05. The summed E-state index contributed by atoms with van der Waals surface area (Å²) in [6, 6.07) is 7.55. The molecular weight excluding hydrogens is 236 g/mol. The van der Waals surface area contributed by atoms with Crippen LogP contribution in [0.4, 0.5) is 0 Å². The van der Waals surface area contributed by atoms with Crippen molar-refractivity contribution in [2.75, 3.05) is 6.61 Å². The summed E-state index contributed by atoms with van der Waals surface area (Å²) in [6.45, 7) is 0.0677. The second-order valence-electron chi connectivity index (χ2n) is 2.52. The first-order valence-corrected chi connectivity index (χ1v) is 4.52. The fourth-order valence-corrected chi connectivity index (χ4v) is 1.33. The van der Waals surface area contributed by atoms with Crippen LogP contribution in [0.25, 0.3) is 0 Å². The Morgan fingerprint density at radius 2 is 2.31 bits per heavy atom. The zero-order chi connectivity index (χ0) is 9.68. The first-order chi connectivity index (χ1) is 6.18. The summed E-state index contributed by atoms with van der Waals surface area (Å²) in [5.41, 5.74) is 0.954. The van der Waals surface area contributed by atoms with E-state index in [2.05, 4.69) is 15.9 Å². The third-order valence-electron chi connectivity index (χ3n) is 1.38. The fourth-order valence-electron chi connectivity index (χ4n) is 0.883. The van der Waals surface area contributed by atoms with Gasteiger partial charge in [0.25, 0.3) is 0 Å².